The lowest BCUT2D eigenvalue weighted by Gasteiger charge is -2.48. The number of piperidine rings is 1. The third-order valence-corrected chi connectivity index (χ3v) is 10.3. The van der Waals surface area contributed by atoms with Gasteiger partial charge in [0.15, 0.2) is 0 Å². The van der Waals surface area contributed by atoms with Crippen LogP contribution in [0.5, 0.6) is 0 Å². The van der Waals surface area contributed by atoms with Crippen molar-refractivity contribution in [3.05, 3.63) is 34.9 Å². The van der Waals surface area contributed by atoms with Crippen LogP contribution < -0.4 is 10.6 Å². The van der Waals surface area contributed by atoms with Crippen molar-refractivity contribution in [2.24, 2.45) is 11.3 Å². The highest BCUT2D eigenvalue weighted by Crippen LogP contribution is 2.46. The van der Waals surface area contributed by atoms with E-state index in [9.17, 15) is 14.4 Å². The summed E-state index contributed by atoms with van der Waals surface area (Å²) >= 11 is 6.12. The van der Waals surface area contributed by atoms with Gasteiger partial charge in [-0.05, 0) is 83.5 Å². The Labute approximate surface area is 250 Å². The summed E-state index contributed by atoms with van der Waals surface area (Å²) in [6.45, 7) is 8.73. The standard InChI is InChI=1S/C32H48ClN5O3/c1-31(2,3)35-29(40)32(23-8-6-5-7-9-23)14-16-37(17-15-32)28(39)27(18-22-10-12-24(33)13-11-22)34-30(41)38-21-25-19-26(38)20-36(25)4/h10-13,23,25-27H,5-9,14-21H2,1-4H3,(H,34,41)(H,35,40)/t25?,26?,27-/m1/s1. The van der Waals surface area contributed by atoms with E-state index in [4.69, 9.17) is 11.6 Å². The van der Waals surface area contributed by atoms with Crippen molar-refractivity contribution in [1.29, 1.82) is 0 Å². The molecular weight excluding hydrogens is 538 g/mol. The van der Waals surface area contributed by atoms with Gasteiger partial charge in [-0.25, -0.2) is 4.79 Å². The van der Waals surface area contributed by atoms with Gasteiger partial charge in [0.1, 0.15) is 6.04 Å². The van der Waals surface area contributed by atoms with E-state index in [1.54, 1.807) is 0 Å². The van der Waals surface area contributed by atoms with Gasteiger partial charge in [-0.2, -0.15) is 0 Å². The summed E-state index contributed by atoms with van der Waals surface area (Å²) in [6, 6.07) is 7.24. The Morgan fingerprint density at radius 3 is 2.22 bits per heavy atom. The topological polar surface area (TPSA) is 85.0 Å². The van der Waals surface area contributed by atoms with E-state index in [0.717, 1.165) is 31.4 Å². The Balaban J connectivity index is 1.31. The molecule has 4 aliphatic rings. The number of benzene rings is 1. The lowest BCUT2D eigenvalue weighted by molar-refractivity contribution is -0.147. The number of hydrogen-bond acceptors (Lipinski definition) is 4. The summed E-state index contributed by atoms with van der Waals surface area (Å²) < 4.78 is 0. The number of rotatable bonds is 6. The Morgan fingerprint density at radius 1 is 1.00 bits per heavy atom. The molecule has 2 bridgehead atoms. The molecule has 4 fully saturated rings. The van der Waals surface area contributed by atoms with E-state index in [0.29, 0.717) is 55.9 Å². The van der Waals surface area contributed by atoms with Crippen LogP contribution in [0.1, 0.15) is 77.7 Å². The first-order valence-electron chi connectivity index (χ1n) is 15.6. The second kappa shape index (κ2) is 12.1. The number of amides is 4. The number of carbonyl (C=O) groups is 3. The van der Waals surface area contributed by atoms with Crippen molar-refractivity contribution >= 4 is 29.4 Å². The summed E-state index contributed by atoms with van der Waals surface area (Å²) in [5, 5.41) is 7.05. The second-order valence-electron chi connectivity index (χ2n) is 14.0. The summed E-state index contributed by atoms with van der Waals surface area (Å²) in [6.07, 6.45) is 8.44. The molecule has 0 spiro atoms. The molecule has 3 atom stereocenters. The molecule has 1 aromatic rings. The monoisotopic (exact) mass is 585 g/mol. The van der Waals surface area contributed by atoms with E-state index in [1.165, 1.54) is 19.3 Å². The molecule has 41 heavy (non-hydrogen) atoms. The molecule has 2 unspecified atom stereocenters. The summed E-state index contributed by atoms with van der Waals surface area (Å²) in [7, 11) is 2.11. The van der Waals surface area contributed by atoms with Gasteiger partial charge in [0.2, 0.25) is 11.8 Å². The number of likely N-dealkylation sites (N-methyl/N-ethyl adjacent to an activating group) is 1. The molecule has 1 aromatic carbocycles. The highest BCUT2D eigenvalue weighted by molar-refractivity contribution is 6.30. The number of piperazine rings is 1. The molecule has 0 aromatic heterocycles. The Hall–Kier alpha value is -2.32. The number of nitrogens with zero attached hydrogens (tertiary/aromatic N) is 3. The van der Waals surface area contributed by atoms with Crippen LogP contribution in [0.2, 0.25) is 5.02 Å². The molecule has 4 amide bonds. The van der Waals surface area contributed by atoms with Crippen LogP contribution in [-0.2, 0) is 16.0 Å². The number of likely N-dealkylation sites (tertiary alicyclic amines) is 3. The normalized spacial score (nSPS) is 25.7. The van der Waals surface area contributed by atoms with Gasteiger partial charge < -0.3 is 20.4 Å². The van der Waals surface area contributed by atoms with Crippen molar-refractivity contribution < 1.29 is 14.4 Å². The van der Waals surface area contributed by atoms with E-state index >= 15 is 0 Å². The molecule has 1 aliphatic carbocycles. The fourth-order valence-electron chi connectivity index (χ4n) is 7.69. The minimum Gasteiger partial charge on any atom is -0.351 e. The maximum Gasteiger partial charge on any atom is 0.318 e. The second-order valence-corrected chi connectivity index (χ2v) is 14.4. The molecule has 3 aliphatic heterocycles. The van der Waals surface area contributed by atoms with Gasteiger partial charge in [0, 0.05) is 55.2 Å². The number of carbonyl (C=O) groups excluding carboxylic acids is 3. The minimum absolute atomic E-state index is 0.0664. The van der Waals surface area contributed by atoms with Crippen LogP contribution in [0, 0.1) is 11.3 Å². The average Bonchev–Trinajstić information content (AvgIpc) is 3.53. The van der Waals surface area contributed by atoms with Gasteiger partial charge >= 0.3 is 6.03 Å². The molecule has 8 nitrogen and oxygen atoms in total. The Kier molecular flexibility index (Phi) is 8.91. The minimum atomic E-state index is -0.675. The first-order chi connectivity index (χ1) is 19.4. The number of halogens is 1. The zero-order valence-corrected chi connectivity index (χ0v) is 26.0. The van der Waals surface area contributed by atoms with E-state index in [2.05, 4.69) is 22.6 Å². The van der Waals surface area contributed by atoms with Crippen LogP contribution in [0.15, 0.2) is 24.3 Å². The molecular formula is C32H48ClN5O3. The summed E-state index contributed by atoms with van der Waals surface area (Å²) in [5.41, 5.74) is 0.206. The highest BCUT2D eigenvalue weighted by atomic mass is 35.5. The van der Waals surface area contributed by atoms with Gasteiger partial charge in [-0.15, -0.1) is 0 Å². The number of fused-ring (bicyclic) bond motifs is 2. The molecule has 0 radical (unpaired) electrons. The quantitative estimate of drug-likeness (QED) is 0.516. The van der Waals surface area contributed by atoms with Crippen LogP contribution in [0.3, 0.4) is 0 Å². The first kappa shape index (κ1) is 30.1. The van der Waals surface area contributed by atoms with E-state index < -0.39 is 11.5 Å². The number of nitrogens with one attached hydrogen (secondary N) is 2. The fraction of sp³-hybridized carbons (Fsp3) is 0.719. The highest BCUT2D eigenvalue weighted by Gasteiger charge is 2.49. The van der Waals surface area contributed by atoms with Gasteiger partial charge in [0.05, 0.1) is 5.41 Å². The lowest BCUT2D eigenvalue weighted by atomic mass is 9.63. The van der Waals surface area contributed by atoms with Gasteiger partial charge in [-0.1, -0.05) is 43.0 Å². The molecule has 5 rings (SSSR count). The van der Waals surface area contributed by atoms with Crippen molar-refractivity contribution in [1.82, 2.24) is 25.3 Å². The van der Waals surface area contributed by atoms with Crippen molar-refractivity contribution in [3.8, 4) is 0 Å². The van der Waals surface area contributed by atoms with E-state index in [-0.39, 0.29) is 29.4 Å². The molecule has 1 saturated carbocycles. The average molecular weight is 586 g/mol. The van der Waals surface area contributed by atoms with Crippen molar-refractivity contribution in [2.75, 3.05) is 33.2 Å². The molecule has 3 heterocycles. The predicted molar refractivity (Wildman–Crippen MR) is 162 cm³/mol. The van der Waals surface area contributed by atoms with Crippen LogP contribution in [-0.4, -0.2) is 89.4 Å². The summed E-state index contributed by atoms with van der Waals surface area (Å²) in [4.78, 5) is 47.5. The summed E-state index contributed by atoms with van der Waals surface area (Å²) in [5.74, 6) is 0.427. The third-order valence-electron chi connectivity index (χ3n) is 10.0. The van der Waals surface area contributed by atoms with Gasteiger partial charge in [-0.3, -0.25) is 14.5 Å². The SMILES string of the molecule is CN1CC2CC1CN2C(=O)N[C@H](Cc1ccc(Cl)cc1)C(=O)N1CCC(C(=O)NC(C)(C)C)(C2CCCCC2)CC1. The zero-order valence-electron chi connectivity index (χ0n) is 25.3. The predicted octanol–water partition coefficient (Wildman–Crippen LogP) is 4.45. The molecule has 226 valence electrons. The van der Waals surface area contributed by atoms with Crippen LogP contribution >= 0.6 is 11.6 Å². The Bertz CT molecular complexity index is 1100. The Morgan fingerprint density at radius 2 is 1.66 bits per heavy atom. The first-order valence-corrected chi connectivity index (χ1v) is 16.0. The maximum atomic E-state index is 14.1. The fourth-order valence-corrected chi connectivity index (χ4v) is 7.82. The zero-order chi connectivity index (χ0) is 29.4. The van der Waals surface area contributed by atoms with Gasteiger partial charge in [0.25, 0.3) is 0 Å². The molecule has 3 saturated heterocycles. The van der Waals surface area contributed by atoms with Crippen LogP contribution in [0.25, 0.3) is 0 Å². The van der Waals surface area contributed by atoms with Crippen LogP contribution in [0.4, 0.5) is 4.79 Å². The number of hydrogen-bond donors (Lipinski definition) is 2. The smallest absolute Gasteiger partial charge is 0.318 e. The van der Waals surface area contributed by atoms with Crippen molar-refractivity contribution in [2.45, 2.75) is 102 Å². The largest absolute Gasteiger partial charge is 0.351 e. The maximum absolute atomic E-state index is 14.1. The van der Waals surface area contributed by atoms with E-state index in [1.807, 2.05) is 54.8 Å². The lowest BCUT2D eigenvalue weighted by Crippen LogP contribution is -2.60. The number of urea groups is 1. The third kappa shape index (κ3) is 6.69. The molecule has 2 N–H and O–H groups in total. The van der Waals surface area contributed by atoms with Crippen molar-refractivity contribution in [3.63, 3.8) is 0 Å². The molecule has 9 heteroatoms.